The number of benzene rings is 1. The van der Waals surface area contributed by atoms with Crippen LogP contribution >= 0.6 is 15.9 Å². The van der Waals surface area contributed by atoms with Crippen molar-refractivity contribution in [1.29, 1.82) is 0 Å². The Bertz CT molecular complexity index is 954. The molecular formula is C20H16BrFN4. The third kappa shape index (κ3) is 4.61. The molecule has 0 bridgehead atoms. The summed E-state index contributed by atoms with van der Waals surface area (Å²) in [5.41, 5.74) is 3.57. The zero-order valence-corrected chi connectivity index (χ0v) is 15.6. The lowest BCUT2D eigenvalue weighted by molar-refractivity contribution is 0.628. The second kappa shape index (κ2) is 8.49. The Morgan fingerprint density at radius 1 is 0.846 bits per heavy atom. The fraction of sp³-hybridized carbons (Fsp3) is 0.0500. The van der Waals surface area contributed by atoms with Gasteiger partial charge in [-0.2, -0.15) is 5.10 Å². The zero-order valence-electron chi connectivity index (χ0n) is 14.1. The fourth-order valence-electron chi connectivity index (χ4n) is 2.29. The van der Waals surface area contributed by atoms with Crippen LogP contribution in [0.15, 0.2) is 83.6 Å². The van der Waals surface area contributed by atoms with Crippen LogP contribution in [0.2, 0.25) is 0 Å². The van der Waals surface area contributed by atoms with Crippen LogP contribution < -0.4 is 0 Å². The number of aryl methyl sites for hydroxylation is 1. The van der Waals surface area contributed by atoms with Gasteiger partial charge >= 0.3 is 0 Å². The van der Waals surface area contributed by atoms with Crippen molar-refractivity contribution in [2.75, 3.05) is 0 Å². The molecule has 6 heteroatoms. The van der Waals surface area contributed by atoms with E-state index < -0.39 is 0 Å². The van der Waals surface area contributed by atoms with Gasteiger partial charge in [0.15, 0.2) is 0 Å². The maximum atomic E-state index is 11.9. The van der Waals surface area contributed by atoms with Gasteiger partial charge in [0.25, 0.3) is 0 Å². The Balaban J connectivity index is 0.000000236. The van der Waals surface area contributed by atoms with Gasteiger partial charge < -0.3 is 0 Å². The lowest BCUT2D eigenvalue weighted by Crippen LogP contribution is -1.95. The first-order chi connectivity index (χ1) is 12.6. The summed E-state index contributed by atoms with van der Waals surface area (Å²) in [4.78, 5) is 8.70. The Kier molecular flexibility index (Phi) is 5.86. The first-order valence-corrected chi connectivity index (χ1v) is 8.71. The third-order valence-electron chi connectivity index (χ3n) is 3.53. The molecule has 0 aliphatic rings. The van der Waals surface area contributed by atoms with Crippen LogP contribution in [0.3, 0.4) is 0 Å². The van der Waals surface area contributed by atoms with E-state index in [1.807, 2.05) is 48.1 Å². The highest BCUT2D eigenvalue weighted by Gasteiger charge is 2.10. The van der Waals surface area contributed by atoms with Crippen molar-refractivity contribution >= 4 is 15.9 Å². The van der Waals surface area contributed by atoms with E-state index >= 15 is 0 Å². The predicted molar refractivity (Wildman–Crippen MR) is 104 cm³/mol. The minimum absolute atomic E-state index is 0.178. The molecule has 26 heavy (non-hydrogen) atoms. The molecule has 0 saturated heterocycles. The van der Waals surface area contributed by atoms with Crippen molar-refractivity contribution in [3.05, 3.63) is 89.4 Å². The molecule has 0 aliphatic carbocycles. The van der Waals surface area contributed by atoms with E-state index in [1.54, 1.807) is 30.6 Å². The number of nitrogens with zero attached hydrogens (tertiary/aromatic N) is 4. The van der Waals surface area contributed by atoms with Crippen molar-refractivity contribution in [2.45, 2.75) is 0 Å². The fourth-order valence-corrected chi connectivity index (χ4v) is 2.52. The SMILES string of the molecule is Cn1nc(-c2ccc(Br)cn2)cc1-c1ccccn1.Fc1ccccc1. The number of pyridine rings is 2. The molecule has 1 aromatic carbocycles. The standard InChI is InChI=1S/C14H11BrN4.C6H5F/c1-19-14(12-4-2-3-7-16-12)8-13(18-19)11-6-5-10(15)9-17-11;7-6-4-2-1-3-5-6/h2-9H,1H3;1-5H. The molecule has 0 aliphatic heterocycles. The Morgan fingerprint density at radius 2 is 1.62 bits per heavy atom. The molecule has 0 spiro atoms. The Labute approximate surface area is 159 Å². The van der Waals surface area contributed by atoms with E-state index in [1.165, 1.54) is 12.1 Å². The molecule has 0 radical (unpaired) electrons. The van der Waals surface area contributed by atoms with Gasteiger partial charge in [-0.05, 0) is 58.4 Å². The van der Waals surface area contributed by atoms with Crippen LogP contribution in [-0.4, -0.2) is 19.7 Å². The van der Waals surface area contributed by atoms with Crippen LogP contribution in [-0.2, 0) is 7.05 Å². The summed E-state index contributed by atoms with van der Waals surface area (Å²) >= 11 is 3.38. The van der Waals surface area contributed by atoms with Crippen LogP contribution in [0.4, 0.5) is 4.39 Å². The second-order valence-electron chi connectivity index (χ2n) is 5.41. The molecule has 4 nitrogen and oxygen atoms in total. The highest BCUT2D eigenvalue weighted by Crippen LogP contribution is 2.23. The normalized spacial score (nSPS) is 10.1. The molecule has 0 atom stereocenters. The summed E-state index contributed by atoms with van der Waals surface area (Å²) in [5.74, 6) is -0.178. The topological polar surface area (TPSA) is 43.6 Å². The molecule has 0 N–H and O–H groups in total. The molecule has 0 unspecified atom stereocenters. The first-order valence-electron chi connectivity index (χ1n) is 7.91. The number of aromatic nitrogens is 4. The van der Waals surface area contributed by atoms with E-state index in [0.717, 1.165) is 27.2 Å². The largest absolute Gasteiger partial charge is 0.266 e. The summed E-state index contributed by atoms with van der Waals surface area (Å²) in [7, 11) is 1.91. The summed E-state index contributed by atoms with van der Waals surface area (Å²) in [5, 5.41) is 4.49. The van der Waals surface area contributed by atoms with Gasteiger partial charge in [-0.25, -0.2) is 4.39 Å². The van der Waals surface area contributed by atoms with E-state index in [4.69, 9.17) is 0 Å². The minimum Gasteiger partial charge on any atom is -0.266 e. The lowest BCUT2D eigenvalue weighted by atomic mass is 10.2. The molecule has 4 rings (SSSR count). The number of halogens is 2. The second-order valence-corrected chi connectivity index (χ2v) is 6.33. The van der Waals surface area contributed by atoms with E-state index in [0.29, 0.717) is 0 Å². The molecule has 3 aromatic heterocycles. The summed E-state index contributed by atoms with van der Waals surface area (Å²) in [6, 6.07) is 19.7. The van der Waals surface area contributed by atoms with Gasteiger partial charge in [0.05, 0.1) is 17.1 Å². The highest BCUT2D eigenvalue weighted by atomic mass is 79.9. The van der Waals surface area contributed by atoms with Crippen molar-refractivity contribution in [3.63, 3.8) is 0 Å². The minimum atomic E-state index is -0.178. The third-order valence-corrected chi connectivity index (χ3v) is 4.00. The highest BCUT2D eigenvalue weighted by molar-refractivity contribution is 9.10. The van der Waals surface area contributed by atoms with E-state index in [-0.39, 0.29) is 5.82 Å². The summed E-state index contributed by atoms with van der Waals surface area (Å²) in [6.45, 7) is 0. The van der Waals surface area contributed by atoms with E-state index in [9.17, 15) is 4.39 Å². The molecule has 0 fully saturated rings. The van der Waals surface area contributed by atoms with Gasteiger partial charge in [0.1, 0.15) is 11.5 Å². The zero-order chi connectivity index (χ0) is 18.4. The van der Waals surface area contributed by atoms with Gasteiger partial charge in [-0.1, -0.05) is 24.3 Å². The van der Waals surface area contributed by atoms with Gasteiger partial charge in [0, 0.05) is 23.9 Å². The van der Waals surface area contributed by atoms with Crippen LogP contribution in [0.25, 0.3) is 22.8 Å². The molecule has 0 amide bonds. The van der Waals surface area contributed by atoms with Crippen LogP contribution in [0.5, 0.6) is 0 Å². The van der Waals surface area contributed by atoms with Crippen LogP contribution in [0, 0.1) is 5.82 Å². The van der Waals surface area contributed by atoms with Crippen molar-refractivity contribution in [3.8, 4) is 22.8 Å². The van der Waals surface area contributed by atoms with E-state index in [2.05, 4.69) is 31.0 Å². The van der Waals surface area contributed by atoms with Crippen molar-refractivity contribution in [1.82, 2.24) is 19.7 Å². The monoisotopic (exact) mass is 410 g/mol. The Morgan fingerprint density at radius 3 is 2.19 bits per heavy atom. The van der Waals surface area contributed by atoms with Crippen LogP contribution in [0.1, 0.15) is 0 Å². The lowest BCUT2D eigenvalue weighted by Gasteiger charge is -1.98. The number of hydrogen-bond acceptors (Lipinski definition) is 3. The van der Waals surface area contributed by atoms with Gasteiger partial charge in [-0.3, -0.25) is 14.6 Å². The Hall–Kier alpha value is -2.86. The average molecular weight is 411 g/mol. The van der Waals surface area contributed by atoms with Gasteiger partial charge in [0.2, 0.25) is 0 Å². The smallest absolute Gasteiger partial charge is 0.123 e. The molecule has 0 saturated carbocycles. The molecule has 3 heterocycles. The molecule has 4 aromatic rings. The number of hydrogen-bond donors (Lipinski definition) is 0. The number of rotatable bonds is 2. The maximum absolute atomic E-state index is 11.9. The average Bonchev–Trinajstić information content (AvgIpc) is 3.06. The quantitative estimate of drug-likeness (QED) is 0.459. The molecular weight excluding hydrogens is 395 g/mol. The van der Waals surface area contributed by atoms with Crippen molar-refractivity contribution < 1.29 is 4.39 Å². The van der Waals surface area contributed by atoms with Gasteiger partial charge in [-0.15, -0.1) is 0 Å². The first kappa shape index (κ1) is 17.9. The summed E-state index contributed by atoms with van der Waals surface area (Å²) < 4.78 is 14.7. The maximum Gasteiger partial charge on any atom is 0.123 e. The predicted octanol–water partition coefficient (Wildman–Crippen LogP) is 5.13. The van der Waals surface area contributed by atoms with Crippen molar-refractivity contribution in [2.24, 2.45) is 7.05 Å². The summed E-state index contributed by atoms with van der Waals surface area (Å²) in [6.07, 6.45) is 3.55. The molecule has 130 valence electrons.